The van der Waals surface area contributed by atoms with Crippen LogP contribution in [-0.2, 0) is 11.3 Å². The SMILES string of the molecule is COCc1nn2c(ncc3c(=O)n(C4CCCCC4)ccc32)c1-c1ccc(F)cc1. The van der Waals surface area contributed by atoms with Crippen LogP contribution >= 0.6 is 0 Å². The molecule has 1 aromatic carbocycles. The quantitative estimate of drug-likeness (QED) is 0.501. The molecule has 0 bridgehead atoms. The van der Waals surface area contributed by atoms with Gasteiger partial charge in [0.05, 0.1) is 28.8 Å². The molecule has 0 unspecified atom stereocenters. The van der Waals surface area contributed by atoms with Crippen LogP contribution in [0.4, 0.5) is 4.39 Å². The van der Waals surface area contributed by atoms with Gasteiger partial charge in [-0.15, -0.1) is 0 Å². The van der Waals surface area contributed by atoms with Crippen molar-refractivity contribution in [1.82, 2.24) is 19.2 Å². The molecule has 154 valence electrons. The number of hydrogen-bond donors (Lipinski definition) is 0. The molecule has 30 heavy (non-hydrogen) atoms. The van der Waals surface area contributed by atoms with E-state index in [1.807, 2.05) is 16.8 Å². The van der Waals surface area contributed by atoms with Gasteiger partial charge in [0, 0.05) is 25.5 Å². The molecule has 0 aliphatic heterocycles. The number of nitrogens with zero attached hydrogens (tertiary/aromatic N) is 4. The Hall–Kier alpha value is -3.06. The maximum atomic E-state index is 13.4. The van der Waals surface area contributed by atoms with E-state index < -0.39 is 0 Å². The van der Waals surface area contributed by atoms with E-state index in [1.54, 1.807) is 30.0 Å². The average molecular weight is 406 g/mol. The fourth-order valence-corrected chi connectivity index (χ4v) is 4.53. The number of fused-ring (bicyclic) bond motifs is 3. The van der Waals surface area contributed by atoms with E-state index in [-0.39, 0.29) is 24.0 Å². The largest absolute Gasteiger partial charge is 0.378 e. The smallest absolute Gasteiger partial charge is 0.261 e. The number of aromatic nitrogens is 4. The number of pyridine rings is 1. The average Bonchev–Trinajstić information content (AvgIpc) is 3.14. The number of halogens is 1. The minimum Gasteiger partial charge on any atom is -0.378 e. The fraction of sp³-hybridized carbons (Fsp3) is 0.348. The minimum absolute atomic E-state index is 0.0269. The molecule has 0 spiro atoms. The first-order valence-electron chi connectivity index (χ1n) is 10.3. The molecule has 6 nitrogen and oxygen atoms in total. The zero-order chi connectivity index (χ0) is 20.7. The topological polar surface area (TPSA) is 61.4 Å². The van der Waals surface area contributed by atoms with Crippen LogP contribution in [0.5, 0.6) is 0 Å². The number of ether oxygens (including phenoxy) is 1. The summed E-state index contributed by atoms with van der Waals surface area (Å²) < 4.78 is 22.3. The first kappa shape index (κ1) is 18.9. The molecule has 1 aliphatic carbocycles. The molecule has 1 aliphatic rings. The third kappa shape index (κ3) is 3.10. The Morgan fingerprint density at radius 1 is 1.13 bits per heavy atom. The monoisotopic (exact) mass is 406 g/mol. The van der Waals surface area contributed by atoms with E-state index in [1.165, 1.54) is 18.6 Å². The molecule has 3 heterocycles. The molecule has 0 amide bonds. The maximum absolute atomic E-state index is 13.4. The van der Waals surface area contributed by atoms with Crippen molar-refractivity contribution in [3.8, 4) is 11.1 Å². The molecule has 0 radical (unpaired) electrons. The summed E-state index contributed by atoms with van der Waals surface area (Å²) in [6.07, 6.45) is 9.15. The van der Waals surface area contributed by atoms with E-state index in [0.717, 1.165) is 36.8 Å². The zero-order valence-electron chi connectivity index (χ0n) is 16.8. The molecule has 1 fully saturated rings. The van der Waals surface area contributed by atoms with E-state index in [0.29, 0.717) is 22.2 Å². The third-order valence-electron chi connectivity index (χ3n) is 5.99. The Morgan fingerprint density at radius 2 is 1.90 bits per heavy atom. The van der Waals surface area contributed by atoms with Crippen molar-refractivity contribution >= 4 is 16.6 Å². The Labute approximate surface area is 172 Å². The summed E-state index contributed by atoms with van der Waals surface area (Å²) in [6.45, 7) is 0.288. The van der Waals surface area contributed by atoms with E-state index in [9.17, 15) is 9.18 Å². The predicted octanol–water partition coefficient (Wildman–Crippen LogP) is 4.50. The standard InChI is InChI=1S/C23H23FN4O2/c1-30-14-19-21(15-7-9-16(24)10-8-15)22-25-13-18-20(28(22)26-19)11-12-27(23(18)29)17-5-3-2-4-6-17/h7-13,17H,2-6,14H2,1H3. The molecule has 0 N–H and O–H groups in total. The highest BCUT2D eigenvalue weighted by Crippen LogP contribution is 2.31. The normalized spacial score (nSPS) is 15.3. The van der Waals surface area contributed by atoms with Gasteiger partial charge in [-0.25, -0.2) is 13.9 Å². The fourth-order valence-electron chi connectivity index (χ4n) is 4.53. The van der Waals surface area contributed by atoms with Crippen LogP contribution in [0, 0.1) is 5.82 Å². The lowest BCUT2D eigenvalue weighted by Crippen LogP contribution is -2.26. The van der Waals surface area contributed by atoms with Gasteiger partial charge >= 0.3 is 0 Å². The lowest BCUT2D eigenvalue weighted by molar-refractivity contribution is 0.181. The number of benzene rings is 1. The Kier molecular flexibility index (Phi) is 4.83. The van der Waals surface area contributed by atoms with Crippen LogP contribution in [0.25, 0.3) is 27.7 Å². The summed E-state index contributed by atoms with van der Waals surface area (Å²) in [6, 6.07) is 8.44. The first-order valence-corrected chi connectivity index (χ1v) is 10.3. The van der Waals surface area contributed by atoms with Crippen LogP contribution in [0.15, 0.2) is 47.5 Å². The molecule has 5 rings (SSSR count). The molecular weight excluding hydrogens is 383 g/mol. The van der Waals surface area contributed by atoms with Crippen molar-refractivity contribution < 1.29 is 9.13 Å². The minimum atomic E-state index is -0.301. The highest BCUT2D eigenvalue weighted by atomic mass is 19.1. The van der Waals surface area contributed by atoms with Crippen LogP contribution in [0.1, 0.15) is 43.8 Å². The summed E-state index contributed by atoms with van der Waals surface area (Å²) in [5.41, 5.74) is 3.59. The third-order valence-corrected chi connectivity index (χ3v) is 5.99. The highest BCUT2D eigenvalue weighted by molar-refractivity contribution is 5.86. The van der Waals surface area contributed by atoms with Crippen molar-refractivity contribution in [2.24, 2.45) is 0 Å². The van der Waals surface area contributed by atoms with Crippen molar-refractivity contribution in [2.45, 2.75) is 44.8 Å². The van der Waals surface area contributed by atoms with Crippen molar-refractivity contribution in [2.75, 3.05) is 7.11 Å². The van der Waals surface area contributed by atoms with Gasteiger partial charge in [-0.1, -0.05) is 31.4 Å². The van der Waals surface area contributed by atoms with E-state index in [4.69, 9.17) is 9.84 Å². The number of hydrogen-bond acceptors (Lipinski definition) is 4. The van der Waals surface area contributed by atoms with Gasteiger partial charge < -0.3 is 9.30 Å². The van der Waals surface area contributed by atoms with Gasteiger partial charge in [0.1, 0.15) is 5.82 Å². The second kappa shape index (κ2) is 7.65. The summed E-state index contributed by atoms with van der Waals surface area (Å²) in [7, 11) is 1.60. The lowest BCUT2D eigenvalue weighted by Gasteiger charge is -2.24. The molecule has 3 aromatic heterocycles. The summed E-state index contributed by atoms with van der Waals surface area (Å²) >= 11 is 0. The maximum Gasteiger partial charge on any atom is 0.261 e. The van der Waals surface area contributed by atoms with Crippen LogP contribution in [0.3, 0.4) is 0 Å². The van der Waals surface area contributed by atoms with Crippen molar-refractivity contribution in [3.05, 3.63) is 64.6 Å². The molecular formula is C23H23FN4O2. The molecule has 1 saturated carbocycles. The Bertz CT molecular complexity index is 1270. The van der Waals surface area contributed by atoms with Gasteiger partial charge in [-0.05, 0) is 36.6 Å². The highest BCUT2D eigenvalue weighted by Gasteiger charge is 2.21. The Morgan fingerprint density at radius 3 is 2.63 bits per heavy atom. The summed E-state index contributed by atoms with van der Waals surface area (Å²) in [5, 5.41) is 5.25. The van der Waals surface area contributed by atoms with Gasteiger partial charge in [0.15, 0.2) is 5.65 Å². The molecule has 7 heteroatoms. The van der Waals surface area contributed by atoms with Gasteiger partial charge in [-0.3, -0.25) is 4.79 Å². The molecule has 4 aromatic rings. The first-order chi connectivity index (χ1) is 14.7. The zero-order valence-corrected chi connectivity index (χ0v) is 16.8. The van der Waals surface area contributed by atoms with E-state index in [2.05, 4.69) is 4.98 Å². The van der Waals surface area contributed by atoms with Crippen molar-refractivity contribution in [3.63, 3.8) is 0 Å². The second-order valence-corrected chi connectivity index (χ2v) is 7.87. The van der Waals surface area contributed by atoms with Crippen LogP contribution < -0.4 is 5.56 Å². The Balaban J connectivity index is 1.72. The molecule has 0 atom stereocenters. The van der Waals surface area contributed by atoms with Crippen molar-refractivity contribution in [1.29, 1.82) is 0 Å². The molecule has 0 saturated heterocycles. The van der Waals surface area contributed by atoms with Crippen LogP contribution in [0.2, 0.25) is 0 Å². The van der Waals surface area contributed by atoms with E-state index >= 15 is 0 Å². The second-order valence-electron chi connectivity index (χ2n) is 7.87. The van der Waals surface area contributed by atoms with Crippen LogP contribution in [-0.4, -0.2) is 26.3 Å². The van der Waals surface area contributed by atoms with Gasteiger partial charge in [0.25, 0.3) is 5.56 Å². The number of rotatable bonds is 4. The number of methoxy groups -OCH3 is 1. The van der Waals surface area contributed by atoms with Gasteiger partial charge in [-0.2, -0.15) is 5.10 Å². The van der Waals surface area contributed by atoms with Gasteiger partial charge in [0.2, 0.25) is 0 Å². The summed E-state index contributed by atoms with van der Waals surface area (Å²) in [4.78, 5) is 17.8. The predicted molar refractivity (Wildman–Crippen MR) is 113 cm³/mol. The summed E-state index contributed by atoms with van der Waals surface area (Å²) in [5.74, 6) is -0.301. The lowest BCUT2D eigenvalue weighted by atomic mass is 9.95.